The Morgan fingerprint density at radius 2 is 1.87 bits per heavy atom. The number of benzene rings is 1. The first-order chi connectivity index (χ1) is 7.16. The lowest BCUT2D eigenvalue weighted by atomic mass is 10.2. The molecule has 1 saturated heterocycles. The van der Waals surface area contributed by atoms with Crippen molar-refractivity contribution in [1.29, 1.82) is 0 Å². The molecule has 82 valence electrons. The second-order valence-corrected chi connectivity index (χ2v) is 4.00. The van der Waals surface area contributed by atoms with Crippen LogP contribution in [0.3, 0.4) is 0 Å². The molecule has 0 radical (unpaired) electrons. The molecule has 1 aromatic carbocycles. The van der Waals surface area contributed by atoms with Gasteiger partial charge in [-0.1, -0.05) is 0 Å². The van der Waals surface area contributed by atoms with Gasteiger partial charge in [0.05, 0.1) is 5.69 Å². The third-order valence-electron chi connectivity index (χ3n) is 2.85. The van der Waals surface area contributed by atoms with Gasteiger partial charge in [-0.2, -0.15) is 0 Å². The highest BCUT2D eigenvalue weighted by atomic mass is 19.1. The minimum absolute atomic E-state index is 0.216. The number of nitrogens with two attached hydrogens (primary N) is 1. The standard InChI is InChI=1S/C11H16FN3/c1-14-4-6-15(7-5-14)9-2-3-11(13)10(12)8-9/h2-3,8H,4-7,13H2,1H3. The largest absolute Gasteiger partial charge is 0.396 e. The van der Waals surface area contributed by atoms with Crippen LogP contribution in [0.4, 0.5) is 15.8 Å². The molecule has 15 heavy (non-hydrogen) atoms. The molecule has 0 unspecified atom stereocenters. The number of piperazine rings is 1. The van der Waals surface area contributed by atoms with Crippen LogP contribution in [0.25, 0.3) is 0 Å². The van der Waals surface area contributed by atoms with Gasteiger partial charge in [-0.05, 0) is 25.2 Å². The van der Waals surface area contributed by atoms with Gasteiger partial charge in [-0.15, -0.1) is 0 Å². The molecular formula is C11H16FN3. The normalized spacial score (nSPS) is 18.1. The average molecular weight is 209 g/mol. The van der Waals surface area contributed by atoms with E-state index in [9.17, 15) is 4.39 Å². The number of rotatable bonds is 1. The number of halogens is 1. The maximum Gasteiger partial charge on any atom is 0.148 e. The molecule has 1 heterocycles. The Kier molecular flexibility index (Phi) is 2.77. The summed E-state index contributed by atoms with van der Waals surface area (Å²) < 4.78 is 13.2. The zero-order valence-corrected chi connectivity index (χ0v) is 8.91. The summed E-state index contributed by atoms with van der Waals surface area (Å²) in [6.45, 7) is 3.93. The van der Waals surface area contributed by atoms with Crippen LogP contribution in [-0.4, -0.2) is 38.1 Å². The van der Waals surface area contributed by atoms with Crippen LogP contribution in [0.1, 0.15) is 0 Å². The van der Waals surface area contributed by atoms with E-state index in [0.29, 0.717) is 0 Å². The van der Waals surface area contributed by atoms with Gasteiger partial charge < -0.3 is 15.5 Å². The van der Waals surface area contributed by atoms with E-state index in [2.05, 4.69) is 16.8 Å². The van der Waals surface area contributed by atoms with Crippen molar-refractivity contribution in [3.8, 4) is 0 Å². The summed E-state index contributed by atoms with van der Waals surface area (Å²) >= 11 is 0. The van der Waals surface area contributed by atoms with E-state index >= 15 is 0 Å². The topological polar surface area (TPSA) is 32.5 Å². The first-order valence-corrected chi connectivity index (χ1v) is 5.15. The number of likely N-dealkylation sites (N-methyl/N-ethyl adjacent to an activating group) is 1. The number of nitrogens with zero attached hydrogens (tertiary/aromatic N) is 2. The van der Waals surface area contributed by atoms with Crippen molar-refractivity contribution < 1.29 is 4.39 Å². The fraction of sp³-hybridized carbons (Fsp3) is 0.455. The summed E-state index contributed by atoms with van der Waals surface area (Å²) in [4.78, 5) is 4.45. The lowest BCUT2D eigenvalue weighted by molar-refractivity contribution is 0.313. The molecule has 0 amide bonds. The molecule has 0 aromatic heterocycles. The van der Waals surface area contributed by atoms with Crippen LogP contribution < -0.4 is 10.6 Å². The molecule has 1 aliphatic heterocycles. The van der Waals surface area contributed by atoms with E-state index in [0.717, 1.165) is 31.9 Å². The van der Waals surface area contributed by atoms with Gasteiger partial charge in [0.15, 0.2) is 0 Å². The quantitative estimate of drug-likeness (QED) is 0.704. The third kappa shape index (κ3) is 2.21. The number of anilines is 2. The van der Waals surface area contributed by atoms with Crippen LogP contribution in [0.5, 0.6) is 0 Å². The second kappa shape index (κ2) is 4.06. The second-order valence-electron chi connectivity index (χ2n) is 4.00. The molecule has 0 aliphatic carbocycles. The summed E-state index contributed by atoms with van der Waals surface area (Å²) in [5.74, 6) is -0.327. The highest BCUT2D eigenvalue weighted by Gasteiger charge is 2.14. The smallest absolute Gasteiger partial charge is 0.148 e. The van der Waals surface area contributed by atoms with Crippen molar-refractivity contribution >= 4 is 11.4 Å². The molecule has 2 N–H and O–H groups in total. The average Bonchev–Trinajstić information content (AvgIpc) is 2.23. The maximum atomic E-state index is 13.2. The van der Waals surface area contributed by atoms with Crippen LogP contribution in [0.15, 0.2) is 18.2 Å². The van der Waals surface area contributed by atoms with Gasteiger partial charge in [0, 0.05) is 31.9 Å². The monoisotopic (exact) mass is 209 g/mol. The van der Waals surface area contributed by atoms with Crippen molar-refractivity contribution in [2.45, 2.75) is 0 Å². The van der Waals surface area contributed by atoms with Crippen molar-refractivity contribution in [2.24, 2.45) is 0 Å². The molecule has 4 heteroatoms. The Hall–Kier alpha value is -1.29. The van der Waals surface area contributed by atoms with Crippen molar-refractivity contribution in [2.75, 3.05) is 43.9 Å². The molecule has 0 saturated carbocycles. The van der Waals surface area contributed by atoms with Gasteiger partial charge in [0.2, 0.25) is 0 Å². The zero-order valence-electron chi connectivity index (χ0n) is 8.91. The Balaban J connectivity index is 2.12. The van der Waals surface area contributed by atoms with Crippen LogP contribution in [0.2, 0.25) is 0 Å². The molecule has 2 rings (SSSR count). The summed E-state index contributed by atoms with van der Waals surface area (Å²) in [5, 5.41) is 0. The van der Waals surface area contributed by atoms with Crippen molar-refractivity contribution in [1.82, 2.24) is 4.90 Å². The first kappa shape index (κ1) is 10.2. The Labute approximate surface area is 89.3 Å². The van der Waals surface area contributed by atoms with Gasteiger partial charge in [-0.3, -0.25) is 0 Å². The SMILES string of the molecule is CN1CCN(c2ccc(N)c(F)c2)CC1. The molecule has 3 nitrogen and oxygen atoms in total. The summed E-state index contributed by atoms with van der Waals surface area (Å²) in [6.07, 6.45) is 0. The van der Waals surface area contributed by atoms with Crippen LogP contribution in [0, 0.1) is 5.82 Å². The Bertz CT molecular complexity index is 346. The molecule has 0 bridgehead atoms. The fourth-order valence-corrected chi connectivity index (χ4v) is 1.78. The molecule has 0 atom stereocenters. The molecule has 1 aliphatic rings. The van der Waals surface area contributed by atoms with Crippen molar-refractivity contribution in [3.63, 3.8) is 0 Å². The zero-order chi connectivity index (χ0) is 10.8. The highest BCUT2D eigenvalue weighted by molar-refractivity contribution is 5.54. The number of hydrogen-bond acceptors (Lipinski definition) is 3. The van der Waals surface area contributed by atoms with Gasteiger partial charge >= 0.3 is 0 Å². The third-order valence-corrected chi connectivity index (χ3v) is 2.85. The molecule has 1 fully saturated rings. The molecule has 1 aromatic rings. The highest BCUT2D eigenvalue weighted by Crippen LogP contribution is 2.20. The maximum absolute atomic E-state index is 13.2. The lowest BCUT2D eigenvalue weighted by Gasteiger charge is -2.34. The van der Waals surface area contributed by atoms with Gasteiger partial charge in [0.25, 0.3) is 0 Å². The fourth-order valence-electron chi connectivity index (χ4n) is 1.78. The van der Waals surface area contributed by atoms with E-state index < -0.39 is 0 Å². The molecular weight excluding hydrogens is 193 g/mol. The van der Waals surface area contributed by atoms with Gasteiger partial charge in [0.1, 0.15) is 5.82 Å². The minimum Gasteiger partial charge on any atom is -0.396 e. The van der Waals surface area contributed by atoms with Gasteiger partial charge in [-0.25, -0.2) is 4.39 Å². The van der Waals surface area contributed by atoms with Crippen LogP contribution in [-0.2, 0) is 0 Å². The number of hydrogen-bond donors (Lipinski definition) is 1. The molecule has 0 spiro atoms. The van der Waals surface area contributed by atoms with Crippen LogP contribution >= 0.6 is 0 Å². The summed E-state index contributed by atoms with van der Waals surface area (Å²) in [7, 11) is 2.10. The predicted octanol–water partition coefficient (Wildman–Crippen LogP) is 1.16. The summed E-state index contributed by atoms with van der Waals surface area (Å²) in [5.41, 5.74) is 6.58. The van der Waals surface area contributed by atoms with Crippen molar-refractivity contribution in [3.05, 3.63) is 24.0 Å². The van der Waals surface area contributed by atoms with E-state index in [4.69, 9.17) is 5.73 Å². The lowest BCUT2D eigenvalue weighted by Crippen LogP contribution is -2.44. The Morgan fingerprint density at radius 1 is 1.20 bits per heavy atom. The first-order valence-electron chi connectivity index (χ1n) is 5.15. The van der Waals surface area contributed by atoms with E-state index in [1.54, 1.807) is 6.07 Å². The number of nitrogen functional groups attached to an aromatic ring is 1. The summed E-state index contributed by atoms with van der Waals surface area (Å²) in [6, 6.07) is 5.02. The minimum atomic E-state index is -0.327. The van der Waals surface area contributed by atoms with E-state index in [1.807, 2.05) is 6.07 Å². The predicted molar refractivity (Wildman–Crippen MR) is 60.5 cm³/mol. The van der Waals surface area contributed by atoms with E-state index in [-0.39, 0.29) is 11.5 Å². The van der Waals surface area contributed by atoms with E-state index in [1.165, 1.54) is 6.07 Å². The Morgan fingerprint density at radius 3 is 2.47 bits per heavy atom.